The minimum Gasteiger partial charge on any atom is -0.389 e. The van der Waals surface area contributed by atoms with E-state index in [0.717, 1.165) is 11.3 Å². The van der Waals surface area contributed by atoms with Gasteiger partial charge in [0.15, 0.2) is 0 Å². The zero-order chi connectivity index (χ0) is 14.8. The largest absolute Gasteiger partial charge is 0.389 e. The van der Waals surface area contributed by atoms with Gasteiger partial charge in [0, 0.05) is 23.4 Å². The van der Waals surface area contributed by atoms with Gasteiger partial charge in [-0.25, -0.2) is 13.1 Å². The minimum absolute atomic E-state index is 0.129. The molecule has 0 spiro atoms. The standard InChI is InChI=1S/C12H14N4O2S2/c1-8-10(6-14-16-8)7-15-20(17,18)11-4-2-3-9(5-11)12(13)19/h2-6,15H,7H2,1H3,(H2,13,19)(H,14,16). The topological polar surface area (TPSA) is 101 Å². The van der Waals surface area contributed by atoms with Crippen molar-refractivity contribution in [2.24, 2.45) is 5.73 Å². The molecule has 20 heavy (non-hydrogen) atoms. The molecule has 0 bridgehead atoms. The number of nitrogens with one attached hydrogen (secondary N) is 2. The molecule has 2 aromatic rings. The first-order chi connectivity index (χ1) is 9.40. The number of aromatic amines is 1. The highest BCUT2D eigenvalue weighted by Crippen LogP contribution is 2.12. The molecule has 0 radical (unpaired) electrons. The second-order valence-corrected chi connectivity index (χ2v) is 6.44. The number of thiocarbonyl (C=S) groups is 1. The number of aryl methyl sites for hydroxylation is 1. The van der Waals surface area contributed by atoms with Crippen LogP contribution in [0.5, 0.6) is 0 Å². The Hall–Kier alpha value is -1.77. The number of hydrogen-bond acceptors (Lipinski definition) is 4. The van der Waals surface area contributed by atoms with Crippen LogP contribution in [0.2, 0.25) is 0 Å². The lowest BCUT2D eigenvalue weighted by Crippen LogP contribution is -2.24. The lowest BCUT2D eigenvalue weighted by Gasteiger charge is -2.07. The fourth-order valence-electron chi connectivity index (χ4n) is 1.63. The van der Waals surface area contributed by atoms with Gasteiger partial charge in [0.05, 0.1) is 11.1 Å². The van der Waals surface area contributed by atoms with Gasteiger partial charge in [0.1, 0.15) is 4.99 Å². The van der Waals surface area contributed by atoms with Crippen molar-refractivity contribution in [1.82, 2.24) is 14.9 Å². The zero-order valence-corrected chi connectivity index (χ0v) is 12.4. The lowest BCUT2D eigenvalue weighted by molar-refractivity contribution is 0.581. The van der Waals surface area contributed by atoms with Crippen molar-refractivity contribution in [3.05, 3.63) is 47.3 Å². The number of rotatable bonds is 5. The molecule has 0 saturated carbocycles. The Labute approximate surface area is 122 Å². The predicted molar refractivity (Wildman–Crippen MR) is 79.7 cm³/mol. The molecule has 0 aliphatic heterocycles. The Balaban J connectivity index is 2.20. The van der Waals surface area contributed by atoms with Crippen LogP contribution in [0.4, 0.5) is 0 Å². The van der Waals surface area contributed by atoms with Gasteiger partial charge in [0.25, 0.3) is 0 Å². The summed E-state index contributed by atoms with van der Waals surface area (Å²) >= 11 is 4.84. The van der Waals surface area contributed by atoms with Gasteiger partial charge in [0.2, 0.25) is 10.0 Å². The van der Waals surface area contributed by atoms with Gasteiger partial charge in [-0.3, -0.25) is 5.10 Å². The van der Waals surface area contributed by atoms with Crippen molar-refractivity contribution in [2.45, 2.75) is 18.4 Å². The van der Waals surface area contributed by atoms with Gasteiger partial charge in [-0.05, 0) is 19.1 Å². The highest BCUT2D eigenvalue weighted by Gasteiger charge is 2.15. The van der Waals surface area contributed by atoms with Crippen LogP contribution in [0.15, 0.2) is 35.4 Å². The van der Waals surface area contributed by atoms with Crippen molar-refractivity contribution in [1.29, 1.82) is 0 Å². The number of nitrogens with zero attached hydrogens (tertiary/aromatic N) is 1. The summed E-state index contributed by atoms with van der Waals surface area (Å²) in [4.78, 5) is 0.289. The summed E-state index contributed by atoms with van der Waals surface area (Å²) in [5.41, 5.74) is 7.63. The first-order valence-corrected chi connectivity index (χ1v) is 7.67. The van der Waals surface area contributed by atoms with E-state index in [2.05, 4.69) is 14.9 Å². The van der Waals surface area contributed by atoms with Crippen LogP contribution in [0.3, 0.4) is 0 Å². The first kappa shape index (κ1) is 14.6. The Morgan fingerprint density at radius 3 is 2.85 bits per heavy atom. The van der Waals surface area contributed by atoms with Crippen molar-refractivity contribution < 1.29 is 8.42 Å². The number of sulfonamides is 1. The normalized spacial score (nSPS) is 11.4. The smallest absolute Gasteiger partial charge is 0.240 e. The quantitative estimate of drug-likeness (QED) is 0.710. The van der Waals surface area contributed by atoms with Crippen LogP contribution >= 0.6 is 12.2 Å². The Kier molecular flexibility index (Phi) is 4.17. The highest BCUT2D eigenvalue weighted by molar-refractivity contribution is 7.89. The highest BCUT2D eigenvalue weighted by atomic mass is 32.2. The van der Waals surface area contributed by atoms with Crippen LogP contribution in [0.1, 0.15) is 16.8 Å². The fourth-order valence-corrected chi connectivity index (χ4v) is 2.81. The van der Waals surface area contributed by atoms with E-state index in [-0.39, 0.29) is 16.4 Å². The molecule has 106 valence electrons. The van der Waals surface area contributed by atoms with E-state index in [0.29, 0.717) is 5.56 Å². The number of benzene rings is 1. The third-order valence-corrected chi connectivity index (χ3v) is 4.45. The molecule has 2 rings (SSSR count). The Morgan fingerprint density at radius 2 is 2.25 bits per heavy atom. The fraction of sp³-hybridized carbons (Fsp3) is 0.167. The molecule has 0 atom stereocenters. The molecular formula is C12H14N4O2S2. The molecule has 0 aliphatic carbocycles. The SMILES string of the molecule is Cc1[nH]ncc1CNS(=O)(=O)c1cccc(C(N)=S)c1. The summed E-state index contributed by atoms with van der Waals surface area (Å²) in [6, 6.07) is 6.22. The summed E-state index contributed by atoms with van der Waals surface area (Å²) in [7, 11) is -3.62. The van der Waals surface area contributed by atoms with E-state index >= 15 is 0 Å². The Morgan fingerprint density at radius 1 is 1.50 bits per heavy atom. The van der Waals surface area contributed by atoms with Crippen molar-refractivity contribution in [3.8, 4) is 0 Å². The molecule has 0 unspecified atom stereocenters. The summed E-state index contributed by atoms with van der Waals surface area (Å²) in [5.74, 6) is 0. The van der Waals surface area contributed by atoms with Gasteiger partial charge in [-0.15, -0.1) is 0 Å². The average molecular weight is 310 g/mol. The second kappa shape index (κ2) is 5.70. The second-order valence-electron chi connectivity index (χ2n) is 4.24. The summed E-state index contributed by atoms with van der Waals surface area (Å²) in [6.45, 7) is 1.99. The van der Waals surface area contributed by atoms with Crippen LogP contribution in [-0.4, -0.2) is 23.6 Å². The van der Waals surface area contributed by atoms with Gasteiger partial charge >= 0.3 is 0 Å². The molecule has 0 amide bonds. The zero-order valence-electron chi connectivity index (χ0n) is 10.8. The predicted octanol–water partition coefficient (Wildman–Crippen LogP) is 0.831. The monoisotopic (exact) mass is 310 g/mol. The minimum atomic E-state index is -3.62. The number of aromatic nitrogens is 2. The summed E-state index contributed by atoms with van der Waals surface area (Å²) < 4.78 is 26.9. The third-order valence-electron chi connectivity index (χ3n) is 2.82. The molecule has 0 fully saturated rings. The van der Waals surface area contributed by atoms with E-state index in [1.165, 1.54) is 12.1 Å². The van der Waals surface area contributed by atoms with Crippen LogP contribution in [-0.2, 0) is 16.6 Å². The van der Waals surface area contributed by atoms with Gasteiger partial charge < -0.3 is 5.73 Å². The van der Waals surface area contributed by atoms with Gasteiger partial charge in [-0.2, -0.15) is 5.10 Å². The van der Waals surface area contributed by atoms with E-state index in [9.17, 15) is 8.42 Å². The number of hydrogen-bond donors (Lipinski definition) is 3. The Bertz CT molecular complexity index is 737. The maximum Gasteiger partial charge on any atom is 0.240 e. The van der Waals surface area contributed by atoms with Gasteiger partial charge in [-0.1, -0.05) is 24.4 Å². The van der Waals surface area contributed by atoms with Crippen molar-refractivity contribution in [3.63, 3.8) is 0 Å². The number of H-pyrrole nitrogens is 1. The maximum atomic E-state index is 12.2. The number of nitrogens with two attached hydrogens (primary N) is 1. The van der Waals surface area contributed by atoms with Crippen LogP contribution in [0.25, 0.3) is 0 Å². The molecule has 1 aromatic carbocycles. The summed E-state index contributed by atoms with van der Waals surface area (Å²) in [6.07, 6.45) is 1.59. The van der Waals surface area contributed by atoms with E-state index in [1.807, 2.05) is 6.92 Å². The first-order valence-electron chi connectivity index (χ1n) is 5.78. The van der Waals surface area contributed by atoms with Crippen molar-refractivity contribution >= 4 is 27.2 Å². The summed E-state index contributed by atoms with van der Waals surface area (Å²) in [5, 5.41) is 6.59. The van der Waals surface area contributed by atoms with Crippen LogP contribution < -0.4 is 10.5 Å². The third kappa shape index (κ3) is 3.21. The molecule has 0 saturated heterocycles. The molecule has 0 aliphatic rings. The van der Waals surface area contributed by atoms with Crippen LogP contribution in [0, 0.1) is 6.92 Å². The van der Waals surface area contributed by atoms with E-state index in [4.69, 9.17) is 18.0 Å². The maximum absolute atomic E-state index is 12.2. The molecule has 6 nitrogen and oxygen atoms in total. The lowest BCUT2D eigenvalue weighted by atomic mass is 10.2. The van der Waals surface area contributed by atoms with E-state index < -0.39 is 10.0 Å². The average Bonchev–Trinajstić information content (AvgIpc) is 2.82. The van der Waals surface area contributed by atoms with E-state index in [1.54, 1.807) is 18.3 Å². The molecule has 8 heteroatoms. The molecular weight excluding hydrogens is 296 g/mol. The molecule has 1 heterocycles. The molecule has 1 aromatic heterocycles. The molecule has 4 N–H and O–H groups in total. The van der Waals surface area contributed by atoms with Crippen molar-refractivity contribution in [2.75, 3.05) is 0 Å².